The van der Waals surface area contributed by atoms with Crippen molar-refractivity contribution in [3.8, 4) is 0 Å². The SMILES string of the molecule is CCCC(C)C(=O)Nc1nc(C)c(C(=O)Nc2c(C)cc(C)cc2C)s1. The minimum absolute atomic E-state index is 0.0576. The minimum Gasteiger partial charge on any atom is -0.321 e. The molecule has 5 nitrogen and oxygen atoms in total. The number of hydrogen-bond acceptors (Lipinski definition) is 4. The third kappa shape index (κ3) is 4.69. The normalized spacial score (nSPS) is 11.9. The van der Waals surface area contributed by atoms with Crippen molar-refractivity contribution in [3.63, 3.8) is 0 Å². The molecule has 0 aliphatic rings. The summed E-state index contributed by atoms with van der Waals surface area (Å²) in [6.07, 6.45) is 1.78. The molecule has 0 saturated carbocycles. The molecule has 0 spiro atoms. The van der Waals surface area contributed by atoms with Crippen LogP contribution in [0.3, 0.4) is 0 Å². The van der Waals surface area contributed by atoms with E-state index in [1.807, 2.05) is 39.8 Å². The number of rotatable bonds is 6. The highest BCUT2D eigenvalue weighted by Crippen LogP contribution is 2.27. The second-order valence-electron chi connectivity index (χ2n) is 6.84. The van der Waals surface area contributed by atoms with Crippen LogP contribution in [0.25, 0.3) is 0 Å². The van der Waals surface area contributed by atoms with Crippen LogP contribution in [0, 0.1) is 33.6 Å². The van der Waals surface area contributed by atoms with Gasteiger partial charge in [-0.15, -0.1) is 0 Å². The molecular weight excluding hydrogens is 346 g/mol. The van der Waals surface area contributed by atoms with Crippen molar-refractivity contribution >= 4 is 34.0 Å². The van der Waals surface area contributed by atoms with Gasteiger partial charge < -0.3 is 10.6 Å². The van der Waals surface area contributed by atoms with Gasteiger partial charge in [0.1, 0.15) is 4.88 Å². The number of aromatic nitrogens is 1. The van der Waals surface area contributed by atoms with Crippen molar-refractivity contribution in [3.05, 3.63) is 39.4 Å². The standard InChI is InChI=1S/C20H27N3O2S/c1-7-8-12(3)18(24)23-20-21-15(6)17(26-20)19(25)22-16-13(4)9-11(2)10-14(16)5/h9-10,12H,7-8H2,1-6H3,(H,22,25)(H,21,23,24). The van der Waals surface area contributed by atoms with Gasteiger partial charge in [-0.2, -0.15) is 0 Å². The zero-order chi connectivity index (χ0) is 19.4. The topological polar surface area (TPSA) is 71.1 Å². The summed E-state index contributed by atoms with van der Waals surface area (Å²) in [6, 6.07) is 4.09. The predicted molar refractivity (Wildman–Crippen MR) is 108 cm³/mol. The van der Waals surface area contributed by atoms with E-state index >= 15 is 0 Å². The maximum absolute atomic E-state index is 12.7. The summed E-state index contributed by atoms with van der Waals surface area (Å²) in [5.41, 5.74) is 4.67. The molecule has 2 N–H and O–H groups in total. The lowest BCUT2D eigenvalue weighted by atomic mass is 10.1. The lowest BCUT2D eigenvalue weighted by Gasteiger charge is -2.12. The van der Waals surface area contributed by atoms with Gasteiger partial charge in [0.05, 0.1) is 5.69 Å². The number of amides is 2. The highest BCUT2D eigenvalue weighted by Gasteiger charge is 2.19. The Labute approximate surface area is 159 Å². The molecule has 6 heteroatoms. The van der Waals surface area contributed by atoms with Gasteiger partial charge in [0.15, 0.2) is 5.13 Å². The fourth-order valence-electron chi connectivity index (χ4n) is 3.00. The average molecular weight is 374 g/mol. The molecule has 0 aliphatic carbocycles. The average Bonchev–Trinajstić information content (AvgIpc) is 2.91. The van der Waals surface area contributed by atoms with Crippen molar-refractivity contribution < 1.29 is 9.59 Å². The van der Waals surface area contributed by atoms with Gasteiger partial charge >= 0.3 is 0 Å². The zero-order valence-electron chi connectivity index (χ0n) is 16.3. The first-order chi connectivity index (χ1) is 12.2. The van der Waals surface area contributed by atoms with Gasteiger partial charge in [-0.05, 0) is 45.2 Å². The number of carbonyl (C=O) groups excluding carboxylic acids is 2. The molecule has 1 atom stereocenters. The molecule has 2 rings (SSSR count). The molecule has 1 aromatic carbocycles. The largest absolute Gasteiger partial charge is 0.321 e. The van der Waals surface area contributed by atoms with E-state index in [1.165, 1.54) is 11.3 Å². The summed E-state index contributed by atoms with van der Waals surface area (Å²) in [7, 11) is 0. The summed E-state index contributed by atoms with van der Waals surface area (Å²) in [4.78, 5) is 29.7. The quantitative estimate of drug-likeness (QED) is 0.748. The maximum atomic E-state index is 12.7. The summed E-state index contributed by atoms with van der Waals surface area (Å²) in [6.45, 7) is 11.7. The summed E-state index contributed by atoms with van der Waals surface area (Å²) >= 11 is 1.21. The van der Waals surface area contributed by atoms with E-state index in [0.717, 1.165) is 35.2 Å². The van der Waals surface area contributed by atoms with Crippen molar-refractivity contribution in [1.29, 1.82) is 0 Å². The number of anilines is 2. The highest BCUT2D eigenvalue weighted by atomic mass is 32.1. The summed E-state index contributed by atoms with van der Waals surface area (Å²) < 4.78 is 0. The fraction of sp³-hybridized carbons (Fsp3) is 0.450. The lowest BCUT2D eigenvalue weighted by Crippen LogP contribution is -2.20. The van der Waals surface area contributed by atoms with Crippen molar-refractivity contribution in [2.24, 2.45) is 5.92 Å². The Bertz CT molecular complexity index is 803. The van der Waals surface area contributed by atoms with Gasteiger partial charge in [-0.3, -0.25) is 9.59 Å². The predicted octanol–water partition coefficient (Wildman–Crippen LogP) is 5.00. The lowest BCUT2D eigenvalue weighted by molar-refractivity contribution is -0.119. The van der Waals surface area contributed by atoms with Gasteiger partial charge in [0, 0.05) is 11.6 Å². The van der Waals surface area contributed by atoms with Crippen molar-refractivity contribution in [1.82, 2.24) is 4.98 Å². The van der Waals surface area contributed by atoms with Crippen molar-refractivity contribution in [2.75, 3.05) is 10.6 Å². The Hall–Kier alpha value is -2.21. The Morgan fingerprint density at radius 2 is 1.73 bits per heavy atom. The molecule has 0 radical (unpaired) electrons. The molecule has 0 saturated heterocycles. The van der Waals surface area contributed by atoms with Crippen LogP contribution in [-0.2, 0) is 4.79 Å². The molecule has 140 valence electrons. The molecule has 1 unspecified atom stereocenters. The Morgan fingerprint density at radius 3 is 2.31 bits per heavy atom. The Kier molecular flexibility index (Phi) is 6.53. The Morgan fingerprint density at radius 1 is 1.12 bits per heavy atom. The van der Waals surface area contributed by atoms with Crippen LogP contribution < -0.4 is 10.6 Å². The van der Waals surface area contributed by atoms with E-state index in [9.17, 15) is 9.59 Å². The summed E-state index contributed by atoms with van der Waals surface area (Å²) in [5, 5.41) is 6.29. The third-order valence-electron chi connectivity index (χ3n) is 4.32. The van der Waals surface area contributed by atoms with Crippen LogP contribution in [0.4, 0.5) is 10.8 Å². The number of nitrogens with one attached hydrogen (secondary N) is 2. The maximum Gasteiger partial charge on any atom is 0.267 e. The molecule has 0 fully saturated rings. The number of nitrogens with zero attached hydrogens (tertiary/aromatic N) is 1. The van der Waals surface area contributed by atoms with Gasteiger partial charge in [0.2, 0.25) is 5.91 Å². The zero-order valence-corrected chi connectivity index (χ0v) is 17.1. The van der Waals surface area contributed by atoms with E-state index in [0.29, 0.717) is 15.7 Å². The van der Waals surface area contributed by atoms with E-state index < -0.39 is 0 Å². The van der Waals surface area contributed by atoms with E-state index in [2.05, 4.69) is 22.5 Å². The van der Waals surface area contributed by atoms with Crippen LogP contribution in [0.15, 0.2) is 12.1 Å². The fourth-order valence-corrected chi connectivity index (χ4v) is 3.87. The van der Waals surface area contributed by atoms with Crippen molar-refractivity contribution in [2.45, 2.75) is 54.4 Å². The number of benzene rings is 1. The third-order valence-corrected chi connectivity index (χ3v) is 5.39. The molecule has 2 amide bonds. The highest BCUT2D eigenvalue weighted by molar-refractivity contribution is 7.17. The number of aryl methyl sites for hydroxylation is 4. The first-order valence-corrected chi connectivity index (χ1v) is 9.72. The number of hydrogen-bond donors (Lipinski definition) is 2. The van der Waals surface area contributed by atoms with E-state index in [1.54, 1.807) is 6.92 Å². The first-order valence-electron chi connectivity index (χ1n) is 8.90. The molecular formula is C20H27N3O2S. The second-order valence-corrected chi connectivity index (χ2v) is 7.84. The van der Waals surface area contributed by atoms with Gasteiger partial charge in [-0.1, -0.05) is 49.3 Å². The van der Waals surface area contributed by atoms with Gasteiger partial charge in [-0.25, -0.2) is 4.98 Å². The minimum atomic E-state index is -0.197. The molecule has 1 aromatic heterocycles. The molecule has 0 bridgehead atoms. The van der Waals surface area contributed by atoms with E-state index in [4.69, 9.17) is 0 Å². The van der Waals surface area contributed by atoms with Crippen LogP contribution in [0.2, 0.25) is 0 Å². The smallest absolute Gasteiger partial charge is 0.267 e. The van der Waals surface area contributed by atoms with E-state index in [-0.39, 0.29) is 17.7 Å². The Balaban J connectivity index is 2.16. The van der Waals surface area contributed by atoms with Crippen LogP contribution in [0.1, 0.15) is 58.7 Å². The summed E-state index contributed by atoms with van der Waals surface area (Å²) in [5.74, 6) is -0.325. The first kappa shape index (κ1) is 20.1. The van der Waals surface area contributed by atoms with Gasteiger partial charge in [0.25, 0.3) is 5.91 Å². The molecule has 2 aromatic rings. The number of thiazole rings is 1. The van der Waals surface area contributed by atoms with Crippen LogP contribution in [-0.4, -0.2) is 16.8 Å². The van der Waals surface area contributed by atoms with Crippen LogP contribution >= 0.6 is 11.3 Å². The second kappa shape index (κ2) is 8.45. The monoisotopic (exact) mass is 373 g/mol. The molecule has 0 aliphatic heterocycles. The molecule has 26 heavy (non-hydrogen) atoms. The van der Waals surface area contributed by atoms with Crippen LogP contribution in [0.5, 0.6) is 0 Å². The number of carbonyl (C=O) groups is 2. The molecule has 1 heterocycles.